The predicted octanol–water partition coefficient (Wildman–Crippen LogP) is 2.79. The number of methoxy groups -OCH3 is 1. The highest BCUT2D eigenvalue weighted by Crippen LogP contribution is 2.38. The normalized spacial score (nSPS) is 17.0. The Balaban J connectivity index is 1.63. The number of amides is 1. The first-order valence-electron chi connectivity index (χ1n) is 10.0. The molecule has 4 rings (SSSR count). The Morgan fingerprint density at radius 1 is 1.13 bits per heavy atom. The Morgan fingerprint density at radius 3 is 2.53 bits per heavy atom. The van der Waals surface area contributed by atoms with Crippen LogP contribution in [0.1, 0.15) is 57.0 Å². The van der Waals surface area contributed by atoms with Crippen LogP contribution < -0.4 is 5.32 Å². The quantitative estimate of drug-likeness (QED) is 0.705. The fraction of sp³-hybridized carbons (Fsp3) is 0.500. The third-order valence-corrected chi connectivity index (χ3v) is 8.77. The molecule has 0 spiro atoms. The molecule has 2 aliphatic rings. The number of aromatic nitrogens is 1. The summed E-state index contributed by atoms with van der Waals surface area (Å²) >= 11 is 1.40. The Bertz CT molecular complexity index is 1090. The lowest BCUT2D eigenvalue weighted by molar-refractivity contribution is 0.0601. The van der Waals surface area contributed by atoms with Gasteiger partial charge < -0.3 is 14.6 Å². The van der Waals surface area contributed by atoms with Gasteiger partial charge in [-0.3, -0.25) is 4.79 Å². The summed E-state index contributed by atoms with van der Waals surface area (Å²) in [5.41, 5.74) is 1.59. The van der Waals surface area contributed by atoms with Gasteiger partial charge >= 0.3 is 5.97 Å². The average Bonchev–Trinajstić information content (AvgIpc) is 3.45. The summed E-state index contributed by atoms with van der Waals surface area (Å²) in [6.07, 6.45) is 6.87. The molecule has 0 bridgehead atoms. The van der Waals surface area contributed by atoms with Crippen LogP contribution in [0.25, 0.3) is 0 Å². The fourth-order valence-corrected chi connectivity index (χ4v) is 6.98. The molecule has 10 heteroatoms. The van der Waals surface area contributed by atoms with Gasteiger partial charge in [-0.15, -0.1) is 11.3 Å². The van der Waals surface area contributed by atoms with Crippen molar-refractivity contribution in [3.05, 3.63) is 34.0 Å². The molecule has 1 aliphatic carbocycles. The molecule has 0 saturated carbocycles. The van der Waals surface area contributed by atoms with Crippen LogP contribution in [0.15, 0.2) is 17.2 Å². The van der Waals surface area contributed by atoms with Gasteiger partial charge in [-0.2, -0.15) is 4.31 Å². The van der Waals surface area contributed by atoms with E-state index in [-0.39, 0.29) is 10.6 Å². The number of rotatable bonds is 5. The van der Waals surface area contributed by atoms with Gasteiger partial charge in [0.1, 0.15) is 15.6 Å². The minimum Gasteiger partial charge on any atom is -0.465 e. The van der Waals surface area contributed by atoms with Crippen LogP contribution in [-0.2, 0) is 34.6 Å². The average molecular weight is 452 g/mol. The second-order valence-corrected chi connectivity index (χ2v) is 10.7. The fourth-order valence-electron chi connectivity index (χ4n) is 4.12. The van der Waals surface area contributed by atoms with E-state index in [1.807, 2.05) is 0 Å². The number of aryl methyl sites for hydroxylation is 2. The van der Waals surface area contributed by atoms with Crippen molar-refractivity contribution in [3.63, 3.8) is 0 Å². The number of thiophene rings is 1. The van der Waals surface area contributed by atoms with Crippen molar-refractivity contribution in [2.45, 2.75) is 43.4 Å². The summed E-state index contributed by atoms with van der Waals surface area (Å²) in [5.74, 6) is -0.919. The predicted molar refractivity (Wildman–Crippen MR) is 114 cm³/mol. The molecule has 0 aromatic carbocycles. The maximum Gasteiger partial charge on any atom is 0.341 e. The molecule has 0 radical (unpaired) electrons. The zero-order valence-electron chi connectivity index (χ0n) is 17.1. The summed E-state index contributed by atoms with van der Waals surface area (Å²) in [6.45, 7) is 1.00. The lowest BCUT2D eigenvalue weighted by Crippen LogP contribution is -2.27. The van der Waals surface area contributed by atoms with Gasteiger partial charge in [0.2, 0.25) is 10.0 Å². The van der Waals surface area contributed by atoms with Crippen molar-refractivity contribution in [2.75, 3.05) is 25.5 Å². The number of ether oxygens (including phenoxy) is 1. The van der Waals surface area contributed by atoms with Crippen molar-refractivity contribution < 1.29 is 22.7 Å². The molecular weight excluding hydrogens is 426 g/mol. The number of hydrogen-bond donors (Lipinski definition) is 1. The number of sulfonamides is 1. The topological polar surface area (TPSA) is 97.7 Å². The summed E-state index contributed by atoms with van der Waals surface area (Å²) in [4.78, 5) is 26.6. The molecule has 1 saturated heterocycles. The maximum absolute atomic E-state index is 13.0. The summed E-state index contributed by atoms with van der Waals surface area (Å²) in [5, 5.41) is 3.29. The zero-order chi connectivity index (χ0) is 21.5. The number of nitrogens with zero attached hydrogens (tertiary/aromatic N) is 2. The van der Waals surface area contributed by atoms with Crippen molar-refractivity contribution in [3.8, 4) is 0 Å². The monoisotopic (exact) mass is 451 g/mol. The zero-order valence-corrected chi connectivity index (χ0v) is 18.7. The first kappa shape index (κ1) is 21.1. The highest BCUT2D eigenvalue weighted by Gasteiger charge is 2.31. The van der Waals surface area contributed by atoms with Crippen LogP contribution >= 0.6 is 11.3 Å². The van der Waals surface area contributed by atoms with Gasteiger partial charge in [0.25, 0.3) is 5.91 Å². The largest absolute Gasteiger partial charge is 0.465 e. The molecule has 2 aromatic heterocycles. The Morgan fingerprint density at radius 2 is 1.83 bits per heavy atom. The first-order valence-corrected chi connectivity index (χ1v) is 12.3. The van der Waals surface area contributed by atoms with Crippen LogP contribution in [-0.4, -0.2) is 49.4 Å². The Labute approximate surface area is 179 Å². The highest BCUT2D eigenvalue weighted by molar-refractivity contribution is 7.89. The first-order chi connectivity index (χ1) is 14.3. The van der Waals surface area contributed by atoms with Crippen LogP contribution in [0.5, 0.6) is 0 Å². The molecule has 162 valence electrons. The number of carbonyl (C=O) groups is 2. The number of anilines is 1. The van der Waals surface area contributed by atoms with E-state index in [0.717, 1.165) is 49.0 Å². The van der Waals surface area contributed by atoms with E-state index in [4.69, 9.17) is 4.74 Å². The number of fused-ring (bicyclic) bond motifs is 1. The van der Waals surface area contributed by atoms with Crippen molar-refractivity contribution >= 4 is 38.2 Å². The summed E-state index contributed by atoms with van der Waals surface area (Å²) in [6, 6.07) is 1.40. The molecule has 1 aliphatic heterocycles. The van der Waals surface area contributed by atoms with E-state index < -0.39 is 21.9 Å². The van der Waals surface area contributed by atoms with E-state index in [2.05, 4.69) is 5.32 Å². The summed E-state index contributed by atoms with van der Waals surface area (Å²) < 4.78 is 33.5. The van der Waals surface area contributed by atoms with Crippen LogP contribution in [0, 0.1) is 0 Å². The molecule has 30 heavy (non-hydrogen) atoms. The van der Waals surface area contributed by atoms with Gasteiger partial charge in [-0.1, -0.05) is 0 Å². The van der Waals surface area contributed by atoms with E-state index in [0.29, 0.717) is 23.7 Å². The second kappa shape index (κ2) is 8.16. The number of nitrogens with one attached hydrogen (secondary N) is 1. The van der Waals surface area contributed by atoms with E-state index in [9.17, 15) is 18.0 Å². The third-order valence-electron chi connectivity index (χ3n) is 5.70. The van der Waals surface area contributed by atoms with E-state index in [1.54, 1.807) is 7.05 Å². The number of esters is 1. The minimum absolute atomic E-state index is 0.107. The van der Waals surface area contributed by atoms with Crippen molar-refractivity contribution in [1.82, 2.24) is 8.87 Å². The molecule has 0 unspecified atom stereocenters. The Kier molecular flexibility index (Phi) is 5.73. The van der Waals surface area contributed by atoms with Crippen LogP contribution in [0.4, 0.5) is 5.00 Å². The maximum atomic E-state index is 13.0. The molecule has 8 nitrogen and oxygen atoms in total. The van der Waals surface area contributed by atoms with Crippen molar-refractivity contribution in [1.29, 1.82) is 0 Å². The van der Waals surface area contributed by atoms with Crippen LogP contribution in [0.3, 0.4) is 0 Å². The standard InChI is InChI=1S/C20H25N3O5S2/c1-22-12-13(30(26,27)23-9-5-6-10-23)11-15(22)18(24)21-19-17(20(25)28-2)14-7-3-4-8-16(14)29-19/h11-12H,3-10H2,1-2H3,(H,21,24). The SMILES string of the molecule is COC(=O)c1c(NC(=O)c2cc(S(=O)(=O)N3CCCC3)cn2C)sc2c1CCCC2. The molecule has 1 amide bonds. The highest BCUT2D eigenvalue weighted by atomic mass is 32.2. The lowest BCUT2D eigenvalue weighted by Gasteiger charge is -2.13. The molecule has 3 heterocycles. The van der Waals surface area contributed by atoms with Gasteiger partial charge in [0.15, 0.2) is 0 Å². The summed E-state index contributed by atoms with van der Waals surface area (Å²) in [7, 11) is -0.649. The third kappa shape index (κ3) is 3.67. The second-order valence-electron chi connectivity index (χ2n) is 7.64. The number of carbonyl (C=O) groups excluding carboxylic acids is 2. The molecule has 2 aromatic rings. The van der Waals surface area contributed by atoms with Gasteiger partial charge in [0.05, 0.1) is 12.7 Å². The van der Waals surface area contributed by atoms with Gasteiger partial charge in [0, 0.05) is 31.2 Å². The van der Waals surface area contributed by atoms with Gasteiger partial charge in [-0.05, 0) is 50.2 Å². The van der Waals surface area contributed by atoms with Crippen LogP contribution in [0.2, 0.25) is 0 Å². The minimum atomic E-state index is -3.61. The number of hydrogen-bond acceptors (Lipinski definition) is 6. The molecule has 1 N–H and O–H groups in total. The van der Waals surface area contributed by atoms with Gasteiger partial charge in [-0.25, -0.2) is 13.2 Å². The molecular formula is C20H25N3O5S2. The Hall–Kier alpha value is -2.17. The molecule has 0 atom stereocenters. The lowest BCUT2D eigenvalue weighted by atomic mass is 9.95. The van der Waals surface area contributed by atoms with E-state index >= 15 is 0 Å². The molecule has 1 fully saturated rings. The smallest absolute Gasteiger partial charge is 0.341 e. The van der Waals surface area contributed by atoms with E-state index in [1.165, 1.54) is 39.6 Å². The van der Waals surface area contributed by atoms with Crippen molar-refractivity contribution in [2.24, 2.45) is 7.05 Å².